The number of allylic oxidation sites excluding steroid dienone is 1. The first kappa shape index (κ1) is 42.4. The number of carbonyl (C=O) groups excluding carboxylic acids is 2. The third kappa shape index (κ3) is 11.1. The van der Waals surface area contributed by atoms with Gasteiger partial charge in [-0.3, -0.25) is 9.59 Å². The molecule has 9 atom stereocenters. The van der Waals surface area contributed by atoms with E-state index in [1.54, 1.807) is 10.5 Å². The monoisotopic (exact) mass is 710 g/mol. The number of hydrogen-bond donors (Lipinski definition) is 0. The van der Waals surface area contributed by atoms with Crippen LogP contribution < -0.4 is 0 Å². The van der Waals surface area contributed by atoms with Crippen LogP contribution in [0.2, 0.25) is 0 Å². The van der Waals surface area contributed by atoms with Crippen LogP contribution in [-0.4, -0.2) is 36.5 Å². The summed E-state index contributed by atoms with van der Waals surface area (Å²) in [5.41, 5.74) is 2.36. The second-order valence-electron chi connectivity index (χ2n) is 19.2. The number of rotatable bonds is 22. The first-order chi connectivity index (χ1) is 24.4. The van der Waals surface area contributed by atoms with Crippen molar-refractivity contribution >= 4 is 11.9 Å². The van der Waals surface area contributed by atoms with Gasteiger partial charge < -0.3 is 9.64 Å². The number of nitrogens with zero attached hydrogens (tertiary/aromatic N) is 1. The summed E-state index contributed by atoms with van der Waals surface area (Å²) < 4.78 is 6.09. The molecule has 3 fully saturated rings. The van der Waals surface area contributed by atoms with Crippen LogP contribution in [0, 0.1) is 52.3 Å². The SMILES string of the molecule is CCCCCCCCCCCCCC(=O)N(C)CCC(=O)O[C@H]1CC[C@@]2(C)C(=CCC3C2CC[C@@]2(C)C3CC[C@@H]2C(C)CCC(CC)C(C)C)C1. The molecular weight excluding hydrogens is 627 g/mol. The average Bonchev–Trinajstić information content (AvgIpc) is 3.47. The summed E-state index contributed by atoms with van der Waals surface area (Å²) in [7, 11) is 1.85. The molecule has 0 aromatic carbocycles. The summed E-state index contributed by atoms with van der Waals surface area (Å²) in [6, 6.07) is 0. The minimum Gasteiger partial charge on any atom is -0.462 e. The van der Waals surface area contributed by atoms with Crippen LogP contribution in [0.1, 0.15) is 203 Å². The zero-order valence-corrected chi connectivity index (χ0v) is 35.0. The first-order valence-corrected chi connectivity index (χ1v) is 22.6. The van der Waals surface area contributed by atoms with Gasteiger partial charge in [0, 0.05) is 26.4 Å². The lowest BCUT2D eigenvalue weighted by Gasteiger charge is -2.58. The zero-order chi connectivity index (χ0) is 37.0. The summed E-state index contributed by atoms with van der Waals surface area (Å²) in [5.74, 6) is 5.92. The van der Waals surface area contributed by atoms with E-state index in [0.717, 1.165) is 73.5 Å². The van der Waals surface area contributed by atoms with Crippen molar-refractivity contribution in [2.45, 2.75) is 209 Å². The molecule has 4 heteroatoms. The van der Waals surface area contributed by atoms with Crippen LogP contribution in [0.5, 0.6) is 0 Å². The van der Waals surface area contributed by atoms with Crippen LogP contribution in [0.3, 0.4) is 0 Å². The van der Waals surface area contributed by atoms with E-state index < -0.39 is 0 Å². The molecule has 4 aliphatic carbocycles. The van der Waals surface area contributed by atoms with Crippen LogP contribution in [0.15, 0.2) is 11.6 Å². The van der Waals surface area contributed by atoms with E-state index in [9.17, 15) is 9.59 Å². The minimum absolute atomic E-state index is 0.00549. The quantitative estimate of drug-likeness (QED) is 0.0639. The fourth-order valence-electron chi connectivity index (χ4n) is 12.2. The van der Waals surface area contributed by atoms with Gasteiger partial charge in [0.25, 0.3) is 0 Å². The molecule has 3 saturated carbocycles. The molecule has 0 aromatic heterocycles. The third-order valence-electron chi connectivity index (χ3n) is 15.6. The molecule has 0 aromatic rings. The summed E-state index contributed by atoms with van der Waals surface area (Å²) in [5, 5.41) is 0. The van der Waals surface area contributed by atoms with Gasteiger partial charge in [0.05, 0.1) is 6.42 Å². The van der Waals surface area contributed by atoms with Crippen molar-refractivity contribution in [2.75, 3.05) is 13.6 Å². The minimum atomic E-state index is -0.134. The maximum atomic E-state index is 13.0. The van der Waals surface area contributed by atoms with E-state index in [4.69, 9.17) is 4.74 Å². The van der Waals surface area contributed by atoms with Gasteiger partial charge in [-0.2, -0.15) is 0 Å². The Labute approximate surface area is 316 Å². The molecule has 0 radical (unpaired) electrons. The Hall–Kier alpha value is -1.32. The Morgan fingerprint density at radius 3 is 2.14 bits per heavy atom. The van der Waals surface area contributed by atoms with E-state index in [0.29, 0.717) is 24.8 Å². The number of amides is 1. The molecule has 4 rings (SSSR count). The van der Waals surface area contributed by atoms with E-state index in [1.807, 2.05) is 7.05 Å². The van der Waals surface area contributed by atoms with Gasteiger partial charge in [-0.15, -0.1) is 0 Å². The number of carbonyl (C=O) groups is 2. The smallest absolute Gasteiger partial charge is 0.307 e. The summed E-state index contributed by atoms with van der Waals surface area (Å²) in [6.45, 7) is 17.8. The lowest BCUT2D eigenvalue weighted by atomic mass is 9.47. The van der Waals surface area contributed by atoms with Gasteiger partial charge in [0.15, 0.2) is 0 Å². The van der Waals surface area contributed by atoms with Gasteiger partial charge in [-0.1, -0.05) is 137 Å². The van der Waals surface area contributed by atoms with Crippen molar-refractivity contribution in [3.8, 4) is 0 Å². The second kappa shape index (κ2) is 20.4. The van der Waals surface area contributed by atoms with Gasteiger partial charge in [-0.25, -0.2) is 0 Å². The lowest BCUT2D eigenvalue weighted by molar-refractivity contribution is -0.152. The molecule has 51 heavy (non-hydrogen) atoms. The van der Waals surface area contributed by atoms with E-state index in [-0.39, 0.29) is 23.4 Å². The Bertz CT molecular complexity index is 1100. The molecule has 0 bridgehead atoms. The van der Waals surface area contributed by atoms with Crippen molar-refractivity contribution in [2.24, 2.45) is 52.3 Å². The average molecular weight is 710 g/mol. The summed E-state index contributed by atoms with van der Waals surface area (Å²) >= 11 is 0. The van der Waals surface area contributed by atoms with E-state index >= 15 is 0 Å². The predicted molar refractivity (Wildman–Crippen MR) is 215 cm³/mol. The Morgan fingerprint density at radius 1 is 0.824 bits per heavy atom. The normalized spacial score (nSPS) is 31.3. The van der Waals surface area contributed by atoms with Crippen LogP contribution in [0.4, 0.5) is 0 Å². The highest BCUT2D eigenvalue weighted by atomic mass is 16.5. The Kier molecular flexibility index (Phi) is 17.0. The van der Waals surface area contributed by atoms with Crippen molar-refractivity contribution in [3.05, 3.63) is 11.6 Å². The van der Waals surface area contributed by atoms with Gasteiger partial charge in [0.1, 0.15) is 6.10 Å². The fraction of sp³-hybridized carbons (Fsp3) is 0.915. The molecule has 1 amide bonds. The maximum absolute atomic E-state index is 13.0. The molecular formula is C47H83NO3. The highest BCUT2D eigenvalue weighted by Gasteiger charge is 2.59. The molecule has 0 saturated heterocycles. The molecule has 4 aliphatic rings. The predicted octanol–water partition coefficient (Wildman–Crippen LogP) is 13.1. The number of ether oxygens (including phenoxy) is 1. The standard InChI is InChI=1S/C47H83NO3/c1-9-11-12-13-14-15-16-17-18-19-20-21-44(49)48(8)33-30-45(50)51-39-28-31-46(6)38(34-39)24-25-40-42-27-26-41(47(42,7)32-29-43(40)46)36(5)22-23-37(10-2)35(3)4/h24,35-37,39-43H,9-23,25-34H2,1-8H3/t36?,37?,39-,40?,41+,42?,43?,46-,47+/m0/s1. The number of hydrogen-bond acceptors (Lipinski definition) is 3. The lowest BCUT2D eigenvalue weighted by Crippen LogP contribution is -2.51. The van der Waals surface area contributed by atoms with Gasteiger partial charge in [-0.05, 0) is 110 Å². The maximum Gasteiger partial charge on any atom is 0.307 e. The van der Waals surface area contributed by atoms with Crippen LogP contribution in [-0.2, 0) is 14.3 Å². The Morgan fingerprint density at radius 2 is 1.49 bits per heavy atom. The largest absolute Gasteiger partial charge is 0.462 e. The summed E-state index contributed by atoms with van der Waals surface area (Å²) in [4.78, 5) is 27.4. The van der Waals surface area contributed by atoms with E-state index in [1.165, 1.54) is 109 Å². The highest BCUT2D eigenvalue weighted by Crippen LogP contribution is 2.67. The zero-order valence-electron chi connectivity index (χ0n) is 35.0. The number of fused-ring (bicyclic) bond motifs is 5. The molecule has 0 N–H and O–H groups in total. The number of esters is 1. The van der Waals surface area contributed by atoms with Crippen molar-refractivity contribution < 1.29 is 14.3 Å². The molecule has 294 valence electrons. The van der Waals surface area contributed by atoms with Crippen molar-refractivity contribution in [1.29, 1.82) is 0 Å². The molecule has 0 aliphatic heterocycles. The third-order valence-corrected chi connectivity index (χ3v) is 15.6. The topological polar surface area (TPSA) is 46.6 Å². The van der Waals surface area contributed by atoms with Gasteiger partial charge >= 0.3 is 5.97 Å². The van der Waals surface area contributed by atoms with Crippen molar-refractivity contribution in [1.82, 2.24) is 4.90 Å². The van der Waals surface area contributed by atoms with E-state index in [2.05, 4.69) is 54.5 Å². The fourth-order valence-corrected chi connectivity index (χ4v) is 12.2. The molecule has 5 unspecified atom stereocenters. The summed E-state index contributed by atoms with van der Waals surface area (Å²) in [6.07, 6.45) is 31.7. The molecule has 4 nitrogen and oxygen atoms in total. The highest BCUT2D eigenvalue weighted by molar-refractivity contribution is 5.77. The number of unbranched alkanes of at least 4 members (excludes halogenated alkanes) is 10. The molecule has 0 heterocycles. The van der Waals surface area contributed by atoms with Gasteiger partial charge in [0.2, 0.25) is 5.91 Å². The molecule has 0 spiro atoms. The first-order valence-electron chi connectivity index (χ1n) is 22.6. The van der Waals surface area contributed by atoms with Crippen LogP contribution >= 0.6 is 0 Å². The van der Waals surface area contributed by atoms with Crippen molar-refractivity contribution in [3.63, 3.8) is 0 Å². The van der Waals surface area contributed by atoms with Crippen LogP contribution in [0.25, 0.3) is 0 Å². The second-order valence-corrected chi connectivity index (χ2v) is 19.2. The Balaban J connectivity index is 1.16.